The van der Waals surface area contributed by atoms with Crippen LogP contribution in [0.1, 0.15) is 32.4 Å². The predicted molar refractivity (Wildman–Crippen MR) is 60.8 cm³/mol. The van der Waals surface area contributed by atoms with Gasteiger partial charge in [-0.15, -0.1) is 0 Å². The molecule has 1 atom stereocenters. The Bertz CT molecular complexity index is 291. The van der Waals surface area contributed by atoms with Gasteiger partial charge < -0.3 is 10.4 Å². The molecule has 0 spiro atoms. The summed E-state index contributed by atoms with van der Waals surface area (Å²) in [7, 11) is 0. The highest BCUT2D eigenvalue weighted by molar-refractivity contribution is 5.35. The third-order valence-electron chi connectivity index (χ3n) is 2.28. The van der Waals surface area contributed by atoms with Gasteiger partial charge in [0, 0.05) is 24.4 Å². The van der Waals surface area contributed by atoms with Gasteiger partial charge in [-0.25, -0.2) is 9.97 Å². The first-order valence-corrected chi connectivity index (χ1v) is 5.44. The summed E-state index contributed by atoms with van der Waals surface area (Å²) in [5.74, 6) is 0.868. The zero-order valence-corrected chi connectivity index (χ0v) is 9.40. The first-order valence-electron chi connectivity index (χ1n) is 5.44. The maximum atomic E-state index is 8.71. The lowest BCUT2D eigenvalue weighted by molar-refractivity contribution is 0.282. The lowest BCUT2D eigenvalue weighted by atomic mass is 10.2. The molecule has 1 unspecified atom stereocenters. The second-order valence-electron chi connectivity index (χ2n) is 3.66. The number of hydrogen-bond acceptors (Lipinski definition) is 4. The molecule has 1 aromatic heterocycles. The molecule has 0 bridgehead atoms. The van der Waals surface area contributed by atoms with E-state index in [2.05, 4.69) is 29.1 Å². The summed E-state index contributed by atoms with van der Waals surface area (Å²) in [5.41, 5.74) is 1.04. The van der Waals surface area contributed by atoms with E-state index in [1.54, 1.807) is 6.33 Å². The van der Waals surface area contributed by atoms with Crippen LogP contribution < -0.4 is 5.32 Å². The van der Waals surface area contributed by atoms with E-state index in [4.69, 9.17) is 5.11 Å². The van der Waals surface area contributed by atoms with Crippen LogP contribution in [0.2, 0.25) is 0 Å². The third-order valence-corrected chi connectivity index (χ3v) is 2.28. The summed E-state index contributed by atoms with van der Waals surface area (Å²) in [6.45, 7) is 4.40. The van der Waals surface area contributed by atoms with Crippen LogP contribution in [-0.4, -0.2) is 27.7 Å². The normalized spacial score (nSPS) is 12.5. The maximum Gasteiger partial charge on any atom is 0.129 e. The minimum atomic E-state index is 0.246. The third kappa shape index (κ3) is 4.25. The van der Waals surface area contributed by atoms with E-state index >= 15 is 0 Å². The quantitative estimate of drug-likeness (QED) is 0.747. The molecule has 0 saturated heterocycles. The van der Waals surface area contributed by atoms with Crippen LogP contribution >= 0.6 is 0 Å². The lowest BCUT2D eigenvalue weighted by Gasteiger charge is -2.13. The van der Waals surface area contributed by atoms with Gasteiger partial charge in [0.1, 0.15) is 12.1 Å². The van der Waals surface area contributed by atoms with E-state index in [0.717, 1.165) is 30.8 Å². The molecule has 2 N–H and O–H groups in total. The highest BCUT2D eigenvalue weighted by Crippen LogP contribution is 2.08. The van der Waals surface area contributed by atoms with Crippen molar-refractivity contribution in [1.29, 1.82) is 0 Å². The van der Waals surface area contributed by atoms with Crippen molar-refractivity contribution in [1.82, 2.24) is 9.97 Å². The van der Waals surface area contributed by atoms with Gasteiger partial charge in [-0.05, 0) is 26.2 Å². The Hall–Kier alpha value is -1.16. The van der Waals surface area contributed by atoms with E-state index in [1.807, 2.05) is 6.07 Å². The fraction of sp³-hybridized carbons (Fsp3) is 0.636. The summed E-state index contributed by atoms with van der Waals surface area (Å²) >= 11 is 0. The first-order chi connectivity index (χ1) is 7.26. The SMILES string of the molecule is CCc1cc(NC(C)CCCO)ncn1. The Labute approximate surface area is 90.8 Å². The van der Waals surface area contributed by atoms with Crippen molar-refractivity contribution in [2.45, 2.75) is 39.2 Å². The van der Waals surface area contributed by atoms with Gasteiger partial charge in [0.2, 0.25) is 0 Å². The van der Waals surface area contributed by atoms with Gasteiger partial charge >= 0.3 is 0 Å². The second-order valence-corrected chi connectivity index (χ2v) is 3.66. The first kappa shape index (κ1) is 11.9. The number of nitrogens with zero attached hydrogens (tertiary/aromatic N) is 2. The van der Waals surface area contributed by atoms with E-state index in [-0.39, 0.29) is 6.61 Å². The molecule has 1 heterocycles. The van der Waals surface area contributed by atoms with Gasteiger partial charge in [0.15, 0.2) is 0 Å². The molecule has 15 heavy (non-hydrogen) atoms. The molecule has 0 aliphatic rings. The molecule has 4 nitrogen and oxygen atoms in total. The number of aryl methyl sites for hydroxylation is 1. The summed E-state index contributed by atoms with van der Waals surface area (Å²) in [6, 6.07) is 2.30. The number of anilines is 1. The molecule has 0 saturated carbocycles. The van der Waals surface area contributed by atoms with Crippen molar-refractivity contribution in [3.8, 4) is 0 Å². The number of aliphatic hydroxyl groups excluding tert-OH is 1. The number of hydrogen-bond donors (Lipinski definition) is 2. The topological polar surface area (TPSA) is 58.0 Å². The summed E-state index contributed by atoms with van der Waals surface area (Å²) in [4.78, 5) is 8.29. The molecule has 0 fully saturated rings. The molecular weight excluding hydrogens is 190 g/mol. The largest absolute Gasteiger partial charge is 0.396 e. The predicted octanol–water partition coefficient (Wildman–Crippen LogP) is 1.61. The van der Waals surface area contributed by atoms with E-state index in [9.17, 15) is 0 Å². The van der Waals surface area contributed by atoms with Crippen molar-refractivity contribution >= 4 is 5.82 Å². The van der Waals surface area contributed by atoms with Crippen LogP contribution in [0.15, 0.2) is 12.4 Å². The Morgan fingerprint density at radius 2 is 2.27 bits per heavy atom. The van der Waals surface area contributed by atoms with Crippen LogP contribution in [-0.2, 0) is 6.42 Å². The van der Waals surface area contributed by atoms with Gasteiger partial charge in [-0.1, -0.05) is 6.92 Å². The highest BCUT2D eigenvalue weighted by Gasteiger charge is 2.03. The van der Waals surface area contributed by atoms with Crippen molar-refractivity contribution in [2.24, 2.45) is 0 Å². The molecule has 0 amide bonds. The molecule has 1 aromatic rings. The Morgan fingerprint density at radius 1 is 1.47 bits per heavy atom. The van der Waals surface area contributed by atoms with Crippen molar-refractivity contribution < 1.29 is 5.11 Å². The molecule has 0 aliphatic heterocycles. The Balaban J connectivity index is 2.48. The van der Waals surface area contributed by atoms with Crippen LogP contribution in [0, 0.1) is 0 Å². The molecule has 1 rings (SSSR count). The molecule has 84 valence electrons. The lowest BCUT2D eigenvalue weighted by Crippen LogP contribution is -2.16. The van der Waals surface area contributed by atoms with Crippen LogP contribution in [0.4, 0.5) is 5.82 Å². The Kier molecular flexibility index (Phi) is 5.04. The molecule has 0 radical (unpaired) electrons. The summed E-state index contributed by atoms with van der Waals surface area (Å²) in [5, 5.41) is 12.0. The zero-order valence-electron chi connectivity index (χ0n) is 9.40. The van der Waals surface area contributed by atoms with Gasteiger partial charge in [0.05, 0.1) is 0 Å². The van der Waals surface area contributed by atoms with Gasteiger partial charge in [-0.2, -0.15) is 0 Å². The molecule has 4 heteroatoms. The zero-order chi connectivity index (χ0) is 11.1. The van der Waals surface area contributed by atoms with E-state index in [0.29, 0.717) is 6.04 Å². The molecule has 0 aliphatic carbocycles. The summed E-state index contributed by atoms with van der Waals surface area (Å²) < 4.78 is 0. The van der Waals surface area contributed by atoms with Crippen LogP contribution in [0.25, 0.3) is 0 Å². The average molecular weight is 209 g/mol. The Morgan fingerprint density at radius 3 is 2.93 bits per heavy atom. The maximum absolute atomic E-state index is 8.71. The number of nitrogens with one attached hydrogen (secondary N) is 1. The number of aromatic nitrogens is 2. The second kappa shape index (κ2) is 6.35. The minimum absolute atomic E-state index is 0.246. The van der Waals surface area contributed by atoms with Crippen LogP contribution in [0.5, 0.6) is 0 Å². The minimum Gasteiger partial charge on any atom is -0.396 e. The van der Waals surface area contributed by atoms with Gasteiger partial charge in [-0.3, -0.25) is 0 Å². The number of rotatable bonds is 6. The standard InChI is InChI=1S/C11H19N3O/c1-3-10-7-11(13-8-12-10)14-9(2)5-4-6-15/h7-9,15H,3-6H2,1-2H3,(H,12,13,14). The monoisotopic (exact) mass is 209 g/mol. The average Bonchev–Trinajstić information content (AvgIpc) is 2.26. The molecular formula is C11H19N3O. The summed E-state index contributed by atoms with van der Waals surface area (Å²) in [6.07, 6.45) is 4.27. The smallest absolute Gasteiger partial charge is 0.129 e. The van der Waals surface area contributed by atoms with Crippen molar-refractivity contribution in [3.05, 3.63) is 18.1 Å². The van der Waals surface area contributed by atoms with E-state index in [1.165, 1.54) is 0 Å². The fourth-order valence-corrected chi connectivity index (χ4v) is 1.39. The van der Waals surface area contributed by atoms with E-state index < -0.39 is 0 Å². The van der Waals surface area contributed by atoms with Crippen LogP contribution in [0.3, 0.4) is 0 Å². The highest BCUT2D eigenvalue weighted by atomic mass is 16.2. The fourth-order valence-electron chi connectivity index (χ4n) is 1.39. The van der Waals surface area contributed by atoms with Crippen molar-refractivity contribution in [2.75, 3.05) is 11.9 Å². The van der Waals surface area contributed by atoms with Crippen molar-refractivity contribution in [3.63, 3.8) is 0 Å². The van der Waals surface area contributed by atoms with Gasteiger partial charge in [0.25, 0.3) is 0 Å². The molecule has 0 aromatic carbocycles. The number of aliphatic hydroxyl groups is 1.